The highest BCUT2D eigenvalue weighted by Gasteiger charge is 2.56. The largest absolute Gasteiger partial charge is 0.437 e. The van der Waals surface area contributed by atoms with Crippen LogP contribution in [-0.2, 0) is 4.74 Å². The van der Waals surface area contributed by atoms with Crippen LogP contribution in [-0.4, -0.2) is 5.85 Å². The van der Waals surface area contributed by atoms with Gasteiger partial charge in [0.05, 0.1) is 5.57 Å². The number of nitriles is 3. The fourth-order valence-corrected chi connectivity index (χ4v) is 1.60. The molecule has 0 aromatic heterocycles. The quantitative estimate of drug-likeness (QED) is 0.655. The molecule has 0 bridgehead atoms. The number of rotatable bonds is 0. The van der Waals surface area contributed by atoms with E-state index in [-0.39, 0.29) is 11.1 Å². The van der Waals surface area contributed by atoms with Crippen LogP contribution in [0, 0.1) is 39.4 Å². The number of hydrogen-bond donors (Lipinski definition) is 1. The van der Waals surface area contributed by atoms with Gasteiger partial charge < -0.3 is 10.5 Å². The van der Waals surface area contributed by atoms with Crippen molar-refractivity contribution in [1.82, 2.24) is 0 Å². The third kappa shape index (κ3) is 1.67. The summed E-state index contributed by atoms with van der Waals surface area (Å²) >= 11 is 0. The van der Waals surface area contributed by atoms with Crippen LogP contribution in [0.25, 0.3) is 0 Å². The lowest BCUT2D eigenvalue weighted by molar-refractivity contribution is -0.140. The average Bonchev–Trinajstić information content (AvgIpc) is 2.53. The molecular weight excluding hydrogens is 235 g/mol. The fourth-order valence-electron chi connectivity index (χ4n) is 1.60. The van der Waals surface area contributed by atoms with Crippen molar-refractivity contribution in [3.8, 4) is 18.2 Å². The summed E-state index contributed by atoms with van der Waals surface area (Å²) in [6.07, 6.45) is 0. The Morgan fingerprint density at radius 2 is 1.78 bits per heavy atom. The Balaban J connectivity index is 3.69. The number of halogens is 1. The summed E-state index contributed by atoms with van der Waals surface area (Å²) in [5.74, 6) is -2.88. The summed E-state index contributed by atoms with van der Waals surface area (Å²) in [4.78, 5) is 0. The summed E-state index contributed by atoms with van der Waals surface area (Å²) in [6, 6.07) is 4.80. The molecule has 0 radical (unpaired) electrons. The number of nitrogens with zero attached hydrogens (tertiary/aromatic N) is 3. The molecule has 1 aliphatic heterocycles. The molecular formula is C12H11FN4O. The smallest absolute Gasteiger partial charge is 0.283 e. The summed E-state index contributed by atoms with van der Waals surface area (Å²) < 4.78 is 19.9. The maximum atomic E-state index is 14.9. The molecule has 1 unspecified atom stereocenters. The van der Waals surface area contributed by atoms with Crippen LogP contribution >= 0.6 is 0 Å². The van der Waals surface area contributed by atoms with Crippen molar-refractivity contribution in [3.05, 3.63) is 22.6 Å². The maximum absolute atomic E-state index is 14.9. The van der Waals surface area contributed by atoms with Gasteiger partial charge in [0.25, 0.3) is 5.85 Å². The first-order valence-corrected chi connectivity index (χ1v) is 5.06. The topological polar surface area (TPSA) is 107 Å². The van der Waals surface area contributed by atoms with E-state index in [0.29, 0.717) is 0 Å². The number of alkyl halides is 1. The molecule has 0 saturated heterocycles. The van der Waals surface area contributed by atoms with Gasteiger partial charge in [-0.1, -0.05) is 20.8 Å². The zero-order chi connectivity index (χ0) is 14.1. The first-order valence-electron chi connectivity index (χ1n) is 5.06. The Kier molecular flexibility index (Phi) is 3.05. The molecule has 1 aliphatic rings. The van der Waals surface area contributed by atoms with Crippen LogP contribution in [0.5, 0.6) is 0 Å². The summed E-state index contributed by atoms with van der Waals surface area (Å²) in [7, 11) is 0. The molecule has 0 aliphatic carbocycles. The van der Waals surface area contributed by atoms with Crippen LogP contribution in [0.15, 0.2) is 22.6 Å². The standard InChI is InChI=1S/C12H11FN4O/c1-11(2,3)12(13)9(7(4-14)5-15)8(6-16)10(17)18-12/h17H2,1-3H3. The van der Waals surface area contributed by atoms with Gasteiger partial charge in [-0.05, 0) is 0 Å². The second kappa shape index (κ2) is 4.05. The monoisotopic (exact) mass is 246 g/mol. The number of allylic oxidation sites excluding steroid dienone is 1. The lowest BCUT2D eigenvalue weighted by Gasteiger charge is -2.34. The molecule has 1 atom stereocenters. The SMILES string of the molecule is CC(C)(C)C1(F)OC(N)=C(C#N)C1=C(C#N)C#N. The molecule has 1 rings (SSSR count). The Hall–Kier alpha value is -2.52. The van der Waals surface area contributed by atoms with E-state index < -0.39 is 22.7 Å². The van der Waals surface area contributed by atoms with Crippen LogP contribution in [0.1, 0.15) is 20.8 Å². The number of nitrogens with two attached hydrogens (primary N) is 1. The van der Waals surface area contributed by atoms with Crippen molar-refractivity contribution in [1.29, 1.82) is 15.8 Å². The minimum atomic E-state index is -2.47. The van der Waals surface area contributed by atoms with Gasteiger partial charge in [-0.2, -0.15) is 20.2 Å². The van der Waals surface area contributed by atoms with Gasteiger partial charge in [-0.3, -0.25) is 0 Å². The van der Waals surface area contributed by atoms with E-state index in [4.69, 9.17) is 26.3 Å². The lowest BCUT2D eigenvalue weighted by Crippen LogP contribution is -2.41. The first-order chi connectivity index (χ1) is 8.22. The summed E-state index contributed by atoms with van der Waals surface area (Å²) in [6.45, 7) is 4.56. The number of hydrogen-bond acceptors (Lipinski definition) is 5. The minimum Gasteiger partial charge on any atom is -0.437 e. The number of ether oxygens (including phenoxy) is 1. The highest BCUT2D eigenvalue weighted by molar-refractivity contribution is 5.60. The molecule has 0 fully saturated rings. The van der Waals surface area contributed by atoms with E-state index in [0.717, 1.165) is 0 Å². The van der Waals surface area contributed by atoms with Gasteiger partial charge in [-0.25, -0.2) is 0 Å². The second-order valence-corrected chi connectivity index (χ2v) is 4.77. The predicted molar refractivity (Wildman–Crippen MR) is 59.5 cm³/mol. The molecule has 0 aromatic carbocycles. The van der Waals surface area contributed by atoms with E-state index in [1.54, 1.807) is 18.2 Å². The molecule has 92 valence electrons. The van der Waals surface area contributed by atoms with Gasteiger partial charge >= 0.3 is 0 Å². The van der Waals surface area contributed by atoms with Crippen LogP contribution in [0.3, 0.4) is 0 Å². The van der Waals surface area contributed by atoms with Crippen molar-refractivity contribution in [2.24, 2.45) is 11.1 Å². The molecule has 18 heavy (non-hydrogen) atoms. The first kappa shape index (κ1) is 13.5. The van der Waals surface area contributed by atoms with Gasteiger partial charge in [0.1, 0.15) is 29.4 Å². The second-order valence-electron chi connectivity index (χ2n) is 4.77. The predicted octanol–water partition coefficient (Wildman–Crippen LogP) is 1.77. The normalized spacial score (nSPS) is 22.8. The van der Waals surface area contributed by atoms with E-state index in [1.165, 1.54) is 20.8 Å². The highest BCUT2D eigenvalue weighted by atomic mass is 19.2. The minimum absolute atomic E-state index is 0.300. The van der Waals surface area contributed by atoms with Crippen LogP contribution in [0.2, 0.25) is 0 Å². The molecule has 5 nitrogen and oxygen atoms in total. The summed E-state index contributed by atoms with van der Waals surface area (Å²) in [5, 5.41) is 26.7. The average molecular weight is 246 g/mol. The zero-order valence-corrected chi connectivity index (χ0v) is 10.2. The molecule has 2 N–H and O–H groups in total. The van der Waals surface area contributed by atoms with Crippen molar-refractivity contribution >= 4 is 0 Å². The van der Waals surface area contributed by atoms with Crippen molar-refractivity contribution < 1.29 is 9.13 Å². The molecule has 6 heteroatoms. The maximum Gasteiger partial charge on any atom is 0.283 e. The van der Waals surface area contributed by atoms with Gasteiger partial charge in [0, 0.05) is 5.41 Å². The molecule has 0 spiro atoms. The Bertz CT molecular complexity index is 561. The van der Waals surface area contributed by atoms with E-state index in [9.17, 15) is 4.39 Å². The van der Waals surface area contributed by atoms with Gasteiger partial charge in [0.2, 0.25) is 5.88 Å². The third-order valence-corrected chi connectivity index (χ3v) is 2.62. The molecule has 0 aromatic rings. The highest BCUT2D eigenvalue weighted by Crippen LogP contribution is 2.50. The zero-order valence-electron chi connectivity index (χ0n) is 10.2. The van der Waals surface area contributed by atoms with E-state index >= 15 is 0 Å². The van der Waals surface area contributed by atoms with Gasteiger partial charge in [-0.15, -0.1) is 0 Å². The van der Waals surface area contributed by atoms with E-state index in [1.807, 2.05) is 0 Å². The van der Waals surface area contributed by atoms with E-state index in [2.05, 4.69) is 0 Å². The molecule has 0 amide bonds. The summed E-state index contributed by atoms with van der Waals surface area (Å²) in [5.41, 5.74) is 3.15. The van der Waals surface area contributed by atoms with Crippen LogP contribution in [0.4, 0.5) is 4.39 Å². The molecule has 0 saturated carbocycles. The van der Waals surface area contributed by atoms with Gasteiger partial charge in [0.15, 0.2) is 0 Å². The van der Waals surface area contributed by atoms with Crippen molar-refractivity contribution in [3.63, 3.8) is 0 Å². The third-order valence-electron chi connectivity index (χ3n) is 2.62. The Morgan fingerprint density at radius 3 is 2.11 bits per heavy atom. The molecule has 1 heterocycles. The Labute approximate surface area is 104 Å². The van der Waals surface area contributed by atoms with Crippen molar-refractivity contribution in [2.75, 3.05) is 0 Å². The van der Waals surface area contributed by atoms with Crippen molar-refractivity contribution in [2.45, 2.75) is 26.6 Å². The fraction of sp³-hybridized carbons (Fsp3) is 0.417. The Morgan fingerprint density at radius 1 is 1.28 bits per heavy atom. The van der Waals surface area contributed by atoms with Crippen LogP contribution < -0.4 is 5.73 Å². The lowest BCUT2D eigenvalue weighted by atomic mass is 9.79.